The second-order valence-corrected chi connectivity index (χ2v) is 2.66. The van der Waals surface area contributed by atoms with Crippen LogP contribution in [0, 0.1) is 0 Å². The molecule has 3 heteroatoms. The van der Waals surface area contributed by atoms with Gasteiger partial charge in [-0.15, -0.1) is 0 Å². The number of hydrogen-bond donors (Lipinski definition) is 2. The Morgan fingerprint density at radius 3 is 1.89 bits per heavy atom. The van der Waals surface area contributed by atoms with Crippen LogP contribution < -0.4 is 11.5 Å². The van der Waals surface area contributed by atoms with Crippen molar-refractivity contribution in [3.05, 3.63) is 0 Å². The maximum absolute atomic E-state index is 5.64. The molecule has 0 amide bonds. The van der Waals surface area contributed by atoms with Gasteiger partial charge in [0.1, 0.15) is 0 Å². The monoisotopic (exact) mass is 130 g/mol. The van der Waals surface area contributed by atoms with Crippen molar-refractivity contribution in [2.24, 2.45) is 11.5 Å². The summed E-state index contributed by atoms with van der Waals surface area (Å²) in [5.41, 5.74) is 11.3. The molecule has 0 spiro atoms. The molecule has 9 heavy (non-hydrogen) atoms. The van der Waals surface area contributed by atoms with E-state index in [-0.39, 0.29) is 12.1 Å². The Bertz CT molecular complexity index is 87.1. The average Bonchev–Trinajstić information content (AvgIpc) is 2.13. The lowest BCUT2D eigenvalue weighted by Crippen LogP contribution is -2.35. The standard InChI is InChI=1S/C6H14N2O/c1-9-4-2-5(7)6(8)3-4/h4-6H,2-3,7-8H2,1H3. The number of ether oxygens (including phenoxy) is 1. The summed E-state index contributed by atoms with van der Waals surface area (Å²) in [5, 5.41) is 0. The molecular formula is C6H14N2O. The molecule has 2 unspecified atom stereocenters. The highest BCUT2D eigenvalue weighted by Crippen LogP contribution is 2.18. The SMILES string of the molecule is COC1CC(N)C(N)C1. The number of methoxy groups -OCH3 is 1. The molecule has 3 nitrogen and oxygen atoms in total. The average molecular weight is 130 g/mol. The Hall–Kier alpha value is -0.120. The molecule has 1 fully saturated rings. The highest BCUT2D eigenvalue weighted by Gasteiger charge is 2.28. The minimum Gasteiger partial charge on any atom is -0.381 e. The maximum atomic E-state index is 5.64. The van der Waals surface area contributed by atoms with Gasteiger partial charge in [0, 0.05) is 19.2 Å². The maximum Gasteiger partial charge on any atom is 0.0602 e. The number of rotatable bonds is 1. The zero-order valence-corrected chi connectivity index (χ0v) is 5.71. The molecule has 0 saturated heterocycles. The second kappa shape index (κ2) is 2.64. The molecule has 0 radical (unpaired) electrons. The second-order valence-electron chi connectivity index (χ2n) is 2.66. The van der Waals surface area contributed by atoms with Gasteiger partial charge in [-0.1, -0.05) is 0 Å². The minimum atomic E-state index is 0.148. The van der Waals surface area contributed by atoms with E-state index in [0.29, 0.717) is 6.10 Å². The molecule has 0 heterocycles. The molecule has 1 rings (SSSR count). The van der Waals surface area contributed by atoms with Crippen LogP contribution in [0.3, 0.4) is 0 Å². The van der Waals surface area contributed by atoms with E-state index in [1.807, 2.05) is 0 Å². The molecule has 0 aromatic rings. The van der Waals surface area contributed by atoms with Gasteiger partial charge in [-0.2, -0.15) is 0 Å². The van der Waals surface area contributed by atoms with E-state index in [1.54, 1.807) is 7.11 Å². The fourth-order valence-corrected chi connectivity index (χ4v) is 1.25. The highest BCUT2D eigenvalue weighted by molar-refractivity contribution is 4.89. The van der Waals surface area contributed by atoms with E-state index in [2.05, 4.69) is 0 Å². The van der Waals surface area contributed by atoms with Crippen LogP contribution in [0.1, 0.15) is 12.8 Å². The molecule has 1 aliphatic rings. The van der Waals surface area contributed by atoms with Gasteiger partial charge in [0.05, 0.1) is 6.10 Å². The third-order valence-electron chi connectivity index (χ3n) is 1.95. The Kier molecular flexibility index (Phi) is 2.05. The molecule has 1 aliphatic carbocycles. The molecule has 0 bridgehead atoms. The molecule has 0 aromatic carbocycles. The summed E-state index contributed by atoms with van der Waals surface area (Å²) in [6.45, 7) is 0. The largest absolute Gasteiger partial charge is 0.381 e. The summed E-state index contributed by atoms with van der Waals surface area (Å²) in [6, 6.07) is 0.296. The van der Waals surface area contributed by atoms with Crippen molar-refractivity contribution >= 4 is 0 Å². The van der Waals surface area contributed by atoms with Gasteiger partial charge in [-0.25, -0.2) is 0 Å². The van der Waals surface area contributed by atoms with E-state index >= 15 is 0 Å². The van der Waals surface area contributed by atoms with Crippen LogP contribution in [-0.2, 0) is 4.74 Å². The van der Waals surface area contributed by atoms with E-state index < -0.39 is 0 Å². The quantitative estimate of drug-likeness (QED) is 0.500. The lowest BCUT2D eigenvalue weighted by atomic mass is 10.2. The third-order valence-corrected chi connectivity index (χ3v) is 1.95. The zero-order valence-electron chi connectivity index (χ0n) is 5.71. The summed E-state index contributed by atoms with van der Waals surface area (Å²) < 4.78 is 5.09. The van der Waals surface area contributed by atoms with Crippen LogP contribution in [0.15, 0.2) is 0 Å². The fourth-order valence-electron chi connectivity index (χ4n) is 1.25. The van der Waals surface area contributed by atoms with Crippen LogP contribution in [-0.4, -0.2) is 25.3 Å². The van der Waals surface area contributed by atoms with Crippen molar-refractivity contribution in [2.75, 3.05) is 7.11 Å². The highest BCUT2D eigenvalue weighted by atomic mass is 16.5. The van der Waals surface area contributed by atoms with Crippen LogP contribution in [0.2, 0.25) is 0 Å². The lowest BCUT2D eigenvalue weighted by molar-refractivity contribution is 0.107. The normalized spacial score (nSPS) is 43.7. The first-order valence-electron chi connectivity index (χ1n) is 3.28. The zero-order chi connectivity index (χ0) is 6.85. The first-order valence-corrected chi connectivity index (χ1v) is 3.28. The summed E-state index contributed by atoms with van der Waals surface area (Å²) in [4.78, 5) is 0. The summed E-state index contributed by atoms with van der Waals surface area (Å²) >= 11 is 0. The molecule has 0 aromatic heterocycles. The van der Waals surface area contributed by atoms with Crippen molar-refractivity contribution in [3.63, 3.8) is 0 Å². The molecule has 4 N–H and O–H groups in total. The van der Waals surface area contributed by atoms with Gasteiger partial charge in [-0.3, -0.25) is 0 Å². The van der Waals surface area contributed by atoms with E-state index in [9.17, 15) is 0 Å². The number of hydrogen-bond acceptors (Lipinski definition) is 3. The number of nitrogens with two attached hydrogens (primary N) is 2. The Morgan fingerprint density at radius 1 is 1.22 bits per heavy atom. The van der Waals surface area contributed by atoms with Gasteiger partial charge < -0.3 is 16.2 Å². The van der Waals surface area contributed by atoms with Gasteiger partial charge in [-0.05, 0) is 12.8 Å². The molecular weight excluding hydrogens is 116 g/mol. The van der Waals surface area contributed by atoms with Crippen LogP contribution in [0.25, 0.3) is 0 Å². The summed E-state index contributed by atoms with van der Waals surface area (Å²) in [7, 11) is 1.70. The van der Waals surface area contributed by atoms with Gasteiger partial charge in [0.25, 0.3) is 0 Å². The molecule has 2 atom stereocenters. The van der Waals surface area contributed by atoms with E-state index in [0.717, 1.165) is 12.8 Å². The van der Waals surface area contributed by atoms with E-state index in [1.165, 1.54) is 0 Å². The third kappa shape index (κ3) is 1.41. The predicted octanol–water partition coefficient (Wildman–Crippen LogP) is -0.550. The predicted molar refractivity (Wildman–Crippen MR) is 36.0 cm³/mol. The minimum absolute atomic E-state index is 0.148. The first kappa shape index (κ1) is 6.99. The van der Waals surface area contributed by atoms with Gasteiger partial charge >= 0.3 is 0 Å². The molecule has 1 saturated carbocycles. The Labute approximate surface area is 55.4 Å². The van der Waals surface area contributed by atoms with Crippen LogP contribution in [0.4, 0.5) is 0 Å². The van der Waals surface area contributed by atoms with Crippen molar-refractivity contribution in [2.45, 2.75) is 31.0 Å². The van der Waals surface area contributed by atoms with Crippen molar-refractivity contribution in [1.29, 1.82) is 0 Å². The molecule has 0 aliphatic heterocycles. The summed E-state index contributed by atoms with van der Waals surface area (Å²) in [5.74, 6) is 0. The summed E-state index contributed by atoms with van der Waals surface area (Å²) in [6.07, 6.45) is 2.13. The first-order chi connectivity index (χ1) is 4.24. The lowest BCUT2D eigenvalue weighted by Gasteiger charge is -2.05. The topological polar surface area (TPSA) is 61.3 Å². The fraction of sp³-hybridized carbons (Fsp3) is 1.00. The van der Waals surface area contributed by atoms with Crippen LogP contribution in [0.5, 0.6) is 0 Å². The Morgan fingerprint density at radius 2 is 1.67 bits per heavy atom. The molecule has 54 valence electrons. The van der Waals surface area contributed by atoms with E-state index in [4.69, 9.17) is 16.2 Å². The smallest absolute Gasteiger partial charge is 0.0602 e. The van der Waals surface area contributed by atoms with Gasteiger partial charge in [0.2, 0.25) is 0 Å². The van der Waals surface area contributed by atoms with Crippen molar-refractivity contribution in [3.8, 4) is 0 Å². The Balaban J connectivity index is 2.35. The van der Waals surface area contributed by atoms with Crippen LogP contribution >= 0.6 is 0 Å². The van der Waals surface area contributed by atoms with Gasteiger partial charge in [0.15, 0.2) is 0 Å². The van der Waals surface area contributed by atoms with Crippen molar-refractivity contribution in [1.82, 2.24) is 0 Å². The van der Waals surface area contributed by atoms with Crippen molar-refractivity contribution < 1.29 is 4.74 Å².